The van der Waals surface area contributed by atoms with Crippen molar-refractivity contribution >= 4 is 0 Å². The number of hydrogen-bond acceptors (Lipinski definition) is 4. The highest BCUT2D eigenvalue weighted by Crippen LogP contribution is 2.39. The second kappa shape index (κ2) is 5.81. The van der Waals surface area contributed by atoms with Crippen LogP contribution in [0.1, 0.15) is 25.0 Å². The lowest BCUT2D eigenvalue weighted by Gasteiger charge is -2.30. The van der Waals surface area contributed by atoms with E-state index in [2.05, 4.69) is 10.2 Å². The molecule has 1 aromatic rings. The third kappa shape index (κ3) is 3.30. The quantitative estimate of drug-likeness (QED) is 0.925. The maximum Gasteiger partial charge on any atom is 0.165 e. The molecule has 0 unspecified atom stereocenters. The molecule has 21 heavy (non-hydrogen) atoms. The fourth-order valence-corrected chi connectivity index (χ4v) is 2.80. The van der Waals surface area contributed by atoms with Gasteiger partial charge in [0.1, 0.15) is 18.9 Å². The number of rotatable bonds is 3. The van der Waals surface area contributed by atoms with Gasteiger partial charge in [-0.15, -0.1) is 0 Å². The maximum absolute atomic E-state index is 14.3. The molecule has 0 saturated carbocycles. The molecule has 4 nitrogen and oxygen atoms in total. The highest BCUT2D eigenvalue weighted by molar-refractivity contribution is 5.51. The summed E-state index contributed by atoms with van der Waals surface area (Å²) in [6.45, 7) is 8.99. The molecular formula is C16H23FN2O2. The molecule has 2 aliphatic rings. The van der Waals surface area contributed by atoms with E-state index < -0.39 is 5.67 Å². The second-order valence-electron chi connectivity index (χ2n) is 6.16. The fourth-order valence-electron chi connectivity index (χ4n) is 2.80. The summed E-state index contributed by atoms with van der Waals surface area (Å²) in [6.07, 6.45) is 0. The Labute approximate surface area is 125 Å². The predicted octanol–water partition coefficient (Wildman–Crippen LogP) is 2.07. The molecule has 1 aromatic carbocycles. The average molecular weight is 294 g/mol. The van der Waals surface area contributed by atoms with E-state index in [1.807, 2.05) is 6.07 Å². The van der Waals surface area contributed by atoms with Crippen LogP contribution in [0, 0.1) is 0 Å². The highest BCUT2D eigenvalue weighted by atomic mass is 19.1. The van der Waals surface area contributed by atoms with Crippen LogP contribution in [-0.4, -0.2) is 44.3 Å². The molecule has 1 N–H and O–H groups in total. The number of fused-ring (bicyclic) bond motifs is 1. The van der Waals surface area contributed by atoms with Gasteiger partial charge in [-0.25, -0.2) is 4.39 Å². The van der Waals surface area contributed by atoms with Gasteiger partial charge >= 0.3 is 0 Å². The Morgan fingerprint density at radius 1 is 1.19 bits per heavy atom. The van der Waals surface area contributed by atoms with Crippen LogP contribution in [0.3, 0.4) is 0 Å². The van der Waals surface area contributed by atoms with E-state index >= 15 is 0 Å². The monoisotopic (exact) mass is 294 g/mol. The zero-order valence-electron chi connectivity index (χ0n) is 12.7. The first-order valence-corrected chi connectivity index (χ1v) is 7.59. The van der Waals surface area contributed by atoms with Crippen LogP contribution in [0.4, 0.5) is 4.39 Å². The Morgan fingerprint density at radius 2 is 1.90 bits per heavy atom. The van der Waals surface area contributed by atoms with Crippen molar-refractivity contribution in [2.75, 3.05) is 39.4 Å². The van der Waals surface area contributed by atoms with Crippen molar-refractivity contribution in [2.24, 2.45) is 0 Å². The smallest absolute Gasteiger partial charge is 0.165 e. The minimum atomic E-state index is -1.38. The molecule has 116 valence electrons. The first-order chi connectivity index (χ1) is 10.0. The summed E-state index contributed by atoms with van der Waals surface area (Å²) < 4.78 is 25.8. The molecule has 2 aliphatic heterocycles. The second-order valence-corrected chi connectivity index (χ2v) is 6.16. The standard InChI is InChI=1S/C16H23FN2O2/c1-16(2,17)13-9-12(11-19-5-3-18-4-6-19)15-14(10-13)20-7-8-21-15/h9-10,18H,3-8,11H2,1-2H3. The number of nitrogens with one attached hydrogen (secondary N) is 1. The molecule has 3 rings (SSSR count). The van der Waals surface area contributed by atoms with Crippen molar-refractivity contribution in [3.8, 4) is 11.5 Å². The average Bonchev–Trinajstić information content (AvgIpc) is 2.47. The van der Waals surface area contributed by atoms with Crippen LogP contribution in [0.15, 0.2) is 12.1 Å². The fraction of sp³-hybridized carbons (Fsp3) is 0.625. The summed E-state index contributed by atoms with van der Waals surface area (Å²) in [4.78, 5) is 2.36. The first-order valence-electron chi connectivity index (χ1n) is 7.59. The van der Waals surface area contributed by atoms with Crippen LogP contribution in [0.2, 0.25) is 0 Å². The van der Waals surface area contributed by atoms with E-state index in [0.29, 0.717) is 24.5 Å². The number of piperazine rings is 1. The molecule has 0 radical (unpaired) electrons. The molecule has 0 bridgehead atoms. The molecule has 2 heterocycles. The largest absolute Gasteiger partial charge is 0.486 e. The van der Waals surface area contributed by atoms with Crippen molar-refractivity contribution in [3.05, 3.63) is 23.3 Å². The van der Waals surface area contributed by atoms with Gasteiger partial charge in [-0.2, -0.15) is 0 Å². The van der Waals surface area contributed by atoms with Gasteiger partial charge in [0.15, 0.2) is 11.5 Å². The topological polar surface area (TPSA) is 33.7 Å². The van der Waals surface area contributed by atoms with Crippen LogP contribution >= 0.6 is 0 Å². The summed E-state index contributed by atoms with van der Waals surface area (Å²) in [7, 11) is 0. The summed E-state index contributed by atoms with van der Waals surface area (Å²) in [6, 6.07) is 3.70. The van der Waals surface area contributed by atoms with E-state index in [4.69, 9.17) is 9.47 Å². The maximum atomic E-state index is 14.3. The summed E-state index contributed by atoms with van der Waals surface area (Å²) >= 11 is 0. The Bertz CT molecular complexity index is 508. The normalized spacial score (nSPS) is 19.6. The van der Waals surface area contributed by atoms with Gasteiger partial charge in [0.2, 0.25) is 0 Å². The molecule has 0 amide bonds. The van der Waals surface area contributed by atoms with Crippen molar-refractivity contribution in [1.29, 1.82) is 0 Å². The Kier molecular flexibility index (Phi) is 4.04. The number of ether oxygens (including phenoxy) is 2. The molecule has 1 saturated heterocycles. The lowest BCUT2D eigenvalue weighted by molar-refractivity contribution is 0.162. The van der Waals surface area contributed by atoms with Crippen LogP contribution in [0.25, 0.3) is 0 Å². The lowest BCUT2D eigenvalue weighted by Crippen LogP contribution is -2.43. The van der Waals surface area contributed by atoms with E-state index in [-0.39, 0.29) is 0 Å². The molecule has 0 spiro atoms. The number of hydrogen-bond donors (Lipinski definition) is 1. The number of benzene rings is 1. The zero-order valence-corrected chi connectivity index (χ0v) is 12.7. The van der Waals surface area contributed by atoms with E-state index in [1.165, 1.54) is 0 Å². The van der Waals surface area contributed by atoms with Crippen molar-refractivity contribution in [2.45, 2.75) is 26.1 Å². The third-order valence-electron chi connectivity index (χ3n) is 4.01. The number of alkyl halides is 1. The molecule has 1 fully saturated rings. The van der Waals surface area contributed by atoms with E-state index in [1.54, 1.807) is 19.9 Å². The van der Waals surface area contributed by atoms with Gasteiger partial charge in [-0.3, -0.25) is 4.90 Å². The highest BCUT2D eigenvalue weighted by Gasteiger charge is 2.26. The lowest BCUT2D eigenvalue weighted by atomic mass is 9.96. The van der Waals surface area contributed by atoms with E-state index in [0.717, 1.165) is 44.0 Å². The Balaban J connectivity index is 1.92. The summed E-state index contributed by atoms with van der Waals surface area (Å²) in [5, 5.41) is 3.34. The van der Waals surface area contributed by atoms with Crippen LogP contribution in [-0.2, 0) is 12.2 Å². The Morgan fingerprint density at radius 3 is 2.62 bits per heavy atom. The van der Waals surface area contributed by atoms with Crippen molar-refractivity contribution < 1.29 is 13.9 Å². The SMILES string of the molecule is CC(C)(F)c1cc(CN2CCNCC2)c2c(c1)OCCO2. The predicted molar refractivity (Wildman–Crippen MR) is 79.7 cm³/mol. The van der Waals surface area contributed by atoms with Crippen molar-refractivity contribution in [1.82, 2.24) is 10.2 Å². The van der Waals surface area contributed by atoms with Gasteiger partial charge < -0.3 is 14.8 Å². The molecule has 5 heteroatoms. The van der Waals surface area contributed by atoms with E-state index in [9.17, 15) is 4.39 Å². The minimum absolute atomic E-state index is 0.524. The van der Waals surface area contributed by atoms with Crippen LogP contribution in [0.5, 0.6) is 11.5 Å². The van der Waals surface area contributed by atoms with Gasteiger partial charge in [0.25, 0.3) is 0 Å². The minimum Gasteiger partial charge on any atom is -0.486 e. The Hall–Kier alpha value is -1.33. The molecule has 0 aromatic heterocycles. The van der Waals surface area contributed by atoms with Gasteiger partial charge in [-0.05, 0) is 31.5 Å². The zero-order chi connectivity index (χ0) is 14.9. The van der Waals surface area contributed by atoms with Crippen molar-refractivity contribution in [3.63, 3.8) is 0 Å². The summed E-state index contributed by atoms with van der Waals surface area (Å²) in [5.74, 6) is 1.46. The van der Waals surface area contributed by atoms with Gasteiger partial charge in [0.05, 0.1) is 0 Å². The van der Waals surface area contributed by atoms with Gasteiger partial charge in [-0.1, -0.05) is 0 Å². The molecular weight excluding hydrogens is 271 g/mol. The first kappa shape index (κ1) is 14.6. The summed E-state index contributed by atoms with van der Waals surface area (Å²) in [5.41, 5.74) is 0.292. The third-order valence-corrected chi connectivity index (χ3v) is 4.01. The number of nitrogens with zero attached hydrogens (tertiary/aromatic N) is 1. The molecule has 0 atom stereocenters. The number of halogens is 1. The van der Waals surface area contributed by atoms with Gasteiger partial charge in [0, 0.05) is 38.3 Å². The molecule has 0 aliphatic carbocycles. The van der Waals surface area contributed by atoms with Crippen LogP contribution < -0.4 is 14.8 Å².